The molecule has 0 aromatic heterocycles. The van der Waals surface area contributed by atoms with Gasteiger partial charge in [0, 0.05) is 24.3 Å². The van der Waals surface area contributed by atoms with Gasteiger partial charge in [-0.3, -0.25) is 0 Å². The van der Waals surface area contributed by atoms with Crippen molar-refractivity contribution in [3.63, 3.8) is 0 Å². The lowest BCUT2D eigenvalue weighted by Gasteiger charge is -2.36. The van der Waals surface area contributed by atoms with E-state index in [4.69, 9.17) is 10.5 Å². The van der Waals surface area contributed by atoms with Crippen molar-refractivity contribution < 1.29 is 21.9 Å². The maximum Gasteiger partial charge on any atom is 0.240 e. The number of hydrogen-bond acceptors (Lipinski definition) is 4. The highest BCUT2D eigenvalue weighted by molar-refractivity contribution is 7.89. The number of anilines is 1. The molecular weight excluding hydrogens is 458 g/mol. The SMILES string of the molecule is Nc1ccc(S(=O)(=O)NC2CCOC(C3c4ccc(F)cc4CCc4cc(F)ccc43)C2)cc1. The fraction of sp³-hybridized carbons (Fsp3) is 0.308. The number of aryl methyl sites for hydroxylation is 2. The third-order valence-corrected chi connectivity index (χ3v) is 8.28. The summed E-state index contributed by atoms with van der Waals surface area (Å²) in [7, 11) is -3.73. The Morgan fingerprint density at radius 3 is 2.06 bits per heavy atom. The summed E-state index contributed by atoms with van der Waals surface area (Å²) in [4.78, 5) is 0.154. The molecular formula is C26H26F2N2O3S. The first-order valence-corrected chi connectivity index (χ1v) is 12.8. The molecule has 178 valence electrons. The van der Waals surface area contributed by atoms with Gasteiger partial charge in [0.25, 0.3) is 0 Å². The average molecular weight is 485 g/mol. The molecule has 1 aliphatic heterocycles. The van der Waals surface area contributed by atoms with Gasteiger partial charge in [-0.2, -0.15) is 0 Å². The van der Waals surface area contributed by atoms with Gasteiger partial charge in [0.05, 0.1) is 11.0 Å². The van der Waals surface area contributed by atoms with Crippen LogP contribution in [0.4, 0.5) is 14.5 Å². The standard InChI is InChI=1S/C26H26F2N2O3S/c27-18-3-9-23-16(13-18)1-2-17-14-19(28)4-10-24(17)26(23)25-15-21(11-12-33-25)30-34(31,32)22-7-5-20(29)6-8-22/h3-10,13-14,21,25-26,30H,1-2,11-12,15,29H2. The van der Waals surface area contributed by atoms with Crippen molar-refractivity contribution >= 4 is 15.7 Å². The predicted molar refractivity (Wildman–Crippen MR) is 126 cm³/mol. The van der Waals surface area contributed by atoms with E-state index in [9.17, 15) is 17.2 Å². The van der Waals surface area contributed by atoms with Crippen LogP contribution in [0.1, 0.15) is 41.0 Å². The molecule has 1 fully saturated rings. The molecule has 5 nitrogen and oxygen atoms in total. The molecule has 3 aromatic rings. The van der Waals surface area contributed by atoms with Gasteiger partial charge in [0.2, 0.25) is 10.0 Å². The summed E-state index contributed by atoms with van der Waals surface area (Å²) in [6.07, 6.45) is 1.82. The smallest absolute Gasteiger partial charge is 0.240 e. The molecule has 0 bridgehead atoms. The normalized spacial score (nSPS) is 20.9. The molecule has 2 aliphatic rings. The highest BCUT2D eigenvalue weighted by Gasteiger charge is 2.36. The number of fused-ring (bicyclic) bond motifs is 2. The molecule has 3 aromatic carbocycles. The van der Waals surface area contributed by atoms with E-state index >= 15 is 0 Å². The minimum absolute atomic E-state index is 0.154. The molecule has 0 radical (unpaired) electrons. The Bertz CT molecular complexity index is 1260. The van der Waals surface area contributed by atoms with Gasteiger partial charge in [0.1, 0.15) is 11.6 Å². The minimum atomic E-state index is -3.73. The van der Waals surface area contributed by atoms with Crippen molar-refractivity contribution in [1.29, 1.82) is 0 Å². The number of nitrogens with one attached hydrogen (secondary N) is 1. The van der Waals surface area contributed by atoms with Crippen molar-refractivity contribution in [1.82, 2.24) is 4.72 Å². The summed E-state index contributed by atoms with van der Waals surface area (Å²) in [5, 5.41) is 0. The first-order chi connectivity index (χ1) is 16.3. The van der Waals surface area contributed by atoms with Gasteiger partial charge in [0.15, 0.2) is 0 Å². The molecule has 0 spiro atoms. The van der Waals surface area contributed by atoms with E-state index in [2.05, 4.69) is 4.72 Å². The third kappa shape index (κ3) is 4.58. The van der Waals surface area contributed by atoms with Gasteiger partial charge in [-0.1, -0.05) is 12.1 Å². The monoisotopic (exact) mass is 484 g/mol. The second-order valence-electron chi connectivity index (χ2n) is 8.98. The van der Waals surface area contributed by atoms with Crippen LogP contribution < -0.4 is 10.5 Å². The number of benzene rings is 3. The van der Waals surface area contributed by atoms with Crippen molar-refractivity contribution in [2.24, 2.45) is 0 Å². The largest absolute Gasteiger partial charge is 0.399 e. The summed E-state index contributed by atoms with van der Waals surface area (Å²) in [6, 6.07) is 15.2. The molecule has 2 atom stereocenters. The molecule has 3 N–H and O–H groups in total. The van der Waals surface area contributed by atoms with Gasteiger partial charge in [-0.15, -0.1) is 0 Å². The summed E-state index contributed by atoms with van der Waals surface area (Å²) in [5.41, 5.74) is 9.80. The van der Waals surface area contributed by atoms with Crippen molar-refractivity contribution in [2.75, 3.05) is 12.3 Å². The Morgan fingerprint density at radius 2 is 1.47 bits per heavy atom. The topological polar surface area (TPSA) is 81.4 Å². The number of ether oxygens (including phenoxy) is 1. The second kappa shape index (κ2) is 9.09. The molecule has 1 heterocycles. The van der Waals surface area contributed by atoms with Crippen LogP contribution >= 0.6 is 0 Å². The molecule has 2 unspecified atom stereocenters. The van der Waals surface area contributed by atoms with Crippen LogP contribution in [0.5, 0.6) is 0 Å². The van der Waals surface area contributed by atoms with Gasteiger partial charge >= 0.3 is 0 Å². The third-order valence-electron chi connectivity index (χ3n) is 6.74. The molecule has 5 rings (SSSR count). The number of nitrogens with two attached hydrogens (primary N) is 1. The van der Waals surface area contributed by atoms with E-state index in [1.165, 1.54) is 36.4 Å². The predicted octanol–water partition coefficient (Wildman–Crippen LogP) is 4.30. The lowest BCUT2D eigenvalue weighted by molar-refractivity contribution is -0.00399. The first-order valence-electron chi connectivity index (χ1n) is 11.4. The van der Waals surface area contributed by atoms with E-state index in [-0.39, 0.29) is 34.6 Å². The highest BCUT2D eigenvalue weighted by atomic mass is 32.2. The van der Waals surface area contributed by atoms with Crippen molar-refractivity contribution in [3.8, 4) is 0 Å². The van der Waals surface area contributed by atoms with Crippen LogP contribution in [0.25, 0.3) is 0 Å². The van der Waals surface area contributed by atoms with Crippen LogP contribution in [0.3, 0.4) is 0 Å². The average Bonchev–Trinajstić information content (AvgIpc) is 2.95. The zero-order valence-electron chi connectivity index (χ0n) is 18.5. The van der Waals surface area contributed by atoms with Crippen molar-refractivity contribution in [3.05, 3.63) is 94.6 Å². The molecule has 1 saturated heterocycles. The maximum absolute atomic E-state index is 14.0. The number of hydrogen-bond donors (Lipinski definition) is 2. The lowest BCUT2D eigenvalue weighted by atomic mass is 9.80. The quantitative estimate of drug-likeness (QED) is 0.541. The maximum atomic E-state index is 14.0. The fourth-order valence-electron chi connectivity index (χ4n) is 5.13. The molecule has 0 amide bonds. The van der Waals surface area contributed by atoms with E-state index < -0.39 is 10.0 Å². The van der Waals surface area contributed by atoms with Crippen molar-refractivity contribution in [2.45, 2.75) is 48.6 Å². The lowest BCUT2D eigenvalue weighted by Crippen LogP contribution is -2.44. The molecule has 8 heteroatoms. The number of nitrogen functional groups attached to an aromatic ring is 1. The van der Waals surface area contributed by atoms with Crippen LogP contribution in [0.15, 0.2) is 65.6 Å². The number of halogens is 2. The zero-order chi connectivity index (χ0) is 23.9. The van der Waals surface area contributed by atoms with E-state index in [0.717, 1.165) is 22.3 Å². The van der Waals surface area contributed by atoms with E-state index in [1.807, 2.05) is 0 Å². The van der Waals surface area contributed by atoms with Crippen LogP contribution in [0, 0.1) is 11.6 Å². The van der Waals surface area contributed by atoms with E-state index in [1.54, 1.807) is 24.3 Å². The second-order valence-corrected chi connectivity index (χ2v) is 10.7. The first kappa shape index (κ1) is 23.0. The van der Waals surface area contributed by atoms with E-state index in [0.29, 0.717) is 38.0 Å². The van der Waals surface area contributed by atoms with Gasteiger partial charge < -0.3 is 10.5 Å². The Kier molecular flexibility index (Phi) is 6.14. The summed E-state index contributed by atoms with van der Waals surface area (Å²) in [5.74, 6) is -0.876. The summed E-state index contributed by atoms with van der Waals surface area (Å²) >= 11 is 0. The minimum Gasteiger partial charge on any atom is -0.399 e. The van der Waals surface area contributed by atoms with Gasteiger partial charge in [-0.05, 0) is 96.5 Å². The van der Waals surface area contributed by atoms with Gasteiger partial charge in [-0.25, -0.2) is 21.9 Å². The number of sulfonamides is 1. The Balaban J connectivity index is 1.47. The summed E-state index contributed by atoms with van der Waals surface area (Å²) < 4.78 is 63.0. The Morgan fingerprint density at radius 1 is 0.882 bits per heavy atom. The molecule has 34 heavy (non-hydrogen) atoms. The zero-order valence-corrected chi connectivity index (χ0v) is 19.3. The summed E-state index contributed by atoms with van der Waals surface area (Å²) in [6.45, 7) is 0.378. The fourth-order valence-corrected chi connectivity index (χ4v) is 6.41. The van der Waals surface area contributed by atoms with Crippen LogP contribution in [-0.2, 0) is 27.6 Å². The molecule has 1 aliphatic carbocycles. The Labute approximate surface area is 198 Å². The number of rotatable bonds is 4. The van der Waals surface area contributed by atoms with Crippen LogP contribution in [0.2, 0.25) is 0 Å². The molecule has 0 saturated carbocycles. The highest BCUT2D eigenvalue weighted by Crippen LogP contribution is 2.41. The Hall–Kier alpha value is -2.81. The van der Waals surface area contributed by atoms with Crippen LogP contribution in [-0.4, -0.2) is 27.2 Å².